The molecule has 0 atom stereocenters. The number of aromatic hydroxyl groups is 1. The van der Waals surface area contributed by atoms with Crippen LogP contribution in [0.3, 0.4) is 0 Å². The fraction of sp³-hybridized carbons (Fsp3) is 0. The molecule has 0 bridgehead atoms. The number of hydrogen-bond donors (Lipinski definition) is 1. The van der Waals surface area contributed by atoms with Gasteiger partial charge < -0.3 is 5.11 Å². The summed E-state index contributed by atoms with van der Waals surface area (Å²) in [6.07, 6.45) is 0. The Morgan fingerprint density at radius 2 is 1.30 bits per heavy atom. The Balaban J connectivity index is 2.38. The highest BCUT2D eigenvalue weighted by atomic mass is 127. The largest absolute Gasteiger partial charge is 0.507 e. The van der Waals surface area contributed by atoms with Crippen LogP contribution in [0.25, 0.3) is 32.3 Å². The lowest BCUT2D eigenvalue weighted by molar-refractivity contribution is 0.488. The van der Waals surface area contributed by atoms with Crippen molar-refractivity contribution in [1.29, 1.82) is 0 Å². The first-order valence-corrected chi connectivity index (χ1v) is 7.56. The zero-order chi connectivity index (χ0) is 13.7. The number of fused-ring (bicyclic) bond motifs is 4. The molecule has 1 N–H and O–H groups in total. The highest BCUT2D eigenvalue weighted by molar-refractivity contribution is 14.1. The van der Waals surface area contributed by atoms with Gasteiger partial charge in [-0.05, 0) is 44.1 Å². The first-order valence-electron chi connectivity index (χ1n) is 6.48. The molecule has 0 aromatic heterocycles. The Bertz CT molecular complexity index is 973. The van der Waals surface area contributed by atoms with Gasteiger partial charge in [0, 0.05) is 14.3 Å². The topological polar surface area (TPSA) is 20.2 Å². The predicted molar refractivity (Wildman–Crippen MR) is 93.3 cm³/mol. The minimum atomic E-state index is 0.382. The van der Waals surface area contributed by atoms with E-state index in [1.165, 1.54) is 3.57 Å². The zero-order valence-corrected chi connectivity index (χ0v) is 12.8. The van der Waals surface area contributed by atoms with Gasteiger partial charge in [-0.2, -0.15) is 0 Å². The molecule has 96 valence electrons. The molecule has 2 heteroatoms. The quantitative estimate of drug-likeness (QED) is 0.248. The third kappa shape index (κ3) is 1.54. The molecule has 0 aliphatic rings. The van der Waals surface area contributed by atoms with E-state index in [2.05, 4.69) is 52.9 Å². The van der Waals surface area contributed by atoms with Gasteiger partial charge >= 0.3 is 0 Å². The Labute approximate surface area is 130 Å². The molecule has 0 unspecified atom stereocenters. The summed E-state index contributed by atoms with van der Waals surface area (Å²) in [5.74, 6) is 0.382. The number of benzene rings is 4. The molecular weight excluding hydrogens is 359 g/mol. The van der Waals surface area contributed by atoms with Crippen molar-refractivity contribution in [2.45, 2.75) is 0 Å². The third-order valence-electron chi connectivity index (χ3n) is 3.82. The van der Waals surface area contributed by atoms with Gasteiger partial charge in [-0.3, -0.25) is 0 Å². The molecule has 4 aromatic rings. The van der Waals surface area contributed by atoms with Crippen LogP contribution in [0.5, 0.6) is 5.75 Å². The van der Waals surface area contributed by atoms with Crippen LogP contribution < -0.4 is 0 Å². The second-order valence-corrected chi connectivity index (χ2v) is 6.00. The Morgan fingerprint density at radius 1 is 0.650 bits per heavy atom. The van der Waals surface area contributed by atoms with E-state index in [1.807, 2.05) is 30.3 Å². The van der Waals surface area contributed by atoms with E-state index >= 15 is 0 Å². The molecule has 0 saturated heterocycles. The van der Waals surface area contributed by atoms with Crippen LogP contribution in [0.1, 0.15) is 0 Å². The van der Waals surface area contributed by atoms with E-state index in [0.717, 1.165) is 32.3 Å². The zero-order valence-electron chi connectivity index (χ0n) is 10.6. The SMILES string of the molecule is Oc1c2ccccc2c(I)c2ccc3ccccc3c12. The molecule has 1 nitrogen and oxygen atoms in total. The summed E-state index contributed by atoms with van der Waals surface area (Å²) in [6, 6.07) is 20.4. The van der Waals surface area contributed by atoms with Crippen LogP contribution in [-0.2, 0) is 0 Å². The van der Waals surface area contributed by atoms with Crippen LogP contribution in [0.4, 0.5) is 0 Å². The number of phenolic OH excluding ortho intramolecular Hbond substituents is 1. The Hall–Kier alpha value is -1.81. The lowest BCUT2D eigenvalue weighted by Gasteiger charge is -2.12. The van der Waals surface area contributed by atoms with Crippen molar-refractivity contribution in [3.8, 4) is 5.75 Å². The molecule has 0 aliphatic heterocycles. The maximum absolute atomic E-state index is 10.7. The standard InChI is InChI=1S/C18H11IO/c19-17-13-7-3-4-8-14(13)18(20)16-12-6-2-1-5-11(12)9-10-15(16)17/h1-10,20H. The van der Waals surface area contributed by atoms with Crippen molar-refractivity contribution in [3.05, 3.63) is 64.2 Å². The smallest absolute Gasteiger partial charge is 0.131 e. The van der Waals surface area contributed by atoms with Crippen molar-refractivity contribution in [3.63, 3.8) is 0 Å². The van der Waals surface area contributed by atoms with Crippen LogP contribution in [-0.4, -0.2) is 5.11 Å². The van der Waals surface area contributed by atoms with E-state index < -0.39 is 0 Å². The number of phenols is 1. The second kappa shape index (κ2) is 4.35. The fourth-order valence-corrected chi connectivity index (χ4v) is 3.79. The first kappa shape index (κ1) is 12.0. The van der Waals surface area contributed by atoms with E-state index in [-0.39, 0.29) is 0 Å². The molecule has 0 heterocycles. The Kier molecular flexibility index (Phi) is 2.60. The molecule has 0 amide bonds. The van der Waals surface area contributed by atoms with Gasteiger partial charge in [-0.25, -0.2) is 0 Å². The van der Waals surface area contributed by atoms with E-state index in [0.29, 0.717) is 5.75 Å². The minimum Gasteiger partial charge on any atom is -0.507 e. The molecule has 0 saturated carbocycles. The average molecular weight is 370 g/mol. The fourth-order valence-electron chi connectivity index (χ4n) is 2.87. The summed E-state index contributed by atoms with van der Waals surface area (Å²) in [4.78, 5) is 0. The van der Waals surface area contributed by atoms with E-state index in [4.69, 9.17) is 0 Å². The van der Waals surface area contributed by atoms with Gasteiger partial charge in [-0.15, -0.1) is 0 Å². The lowest BCUT2D eigenvalue weighted by Crippen LogP contribution is -1.86. The number of hydrogen-bond acceptors (Lipinski definition) is 1. The highest BCUT2D eigenvalue weighted by Crippen LogP contribution is 2.41. The molecule has 0 radical (unpaired) electrons. The summed E-state index contributed by atoms with van der Waals surface area (Å²) in [5.41, 5.74) is 0. The first-order chi connectivity index (χ1) is 9.77. The van der Waals surface area contributed by atoms with E-state index in [1.54, 1.807) is 0 Å². The van der Waals surface area contributed by atoms with E-state index in [9.17, 15) is 5.11 Å². The monoisotopic (exact) mass is 370 g/mol. The summed E-state index contributed by atoms with van der Waals surface area (Å²) >= 11 is 2.37. The molecule has 0 fully saturated rings. The van der Waals surface area contributed by atoms with Crippen LogP contribution in [0, 0.1) is 3.57 Å². The van der Waals surface area contributed by atoms with Crippen LogP contribution in [0.15, 0.2) is 60.7 Å². The summed E-state index contributed by atoms with van der Waals surface area (Å²) in [5, 5.41) is 17.1. The van der Waals surface area contributed by atoms with Crippen LogP contribution >= 0.6 is 22.6 Å². The Morgan fingerprint density at radius 3 is 2.10 bits per heavy atom. The van der Waals surface area contributed by atoms with Crippen molar-refractivity contribution >= 4 is 54.9 Å². The van der Waals surface area contributed by atoms with Crippen LogP contribution in [0.2, 0.25) is 0 Å². The maximum Gasteiger partial charge on any atom is 0.131 e. The molecule has 20 heavy (non-hydrogen) atoms. The van der Waals surface area contributed by atoms with Gasteiger partial charge in [0.25, 0.3) is 0 Å². The summed E-state index contributed by atoms with van der Waals surface area (Å²) < 4.78 is 1.19. The minimum absolute atomic E-state index is 0.382. The average Bonchev–Trinajstić information content (AvgIpc) is 2.51. The second-order valence-electron chi connectivity index (χ2n) is 4.92. The maximum atomic E-state index is 10.7. The summed E-state index contributed by atoms with van der Waals surface area (Å²) in [7, 11) is 0. The van der Waals surface area contributed by atoms with Crippen molar-refractivity contribution in [2.24, 2.45) is 0 Å². The van der Waals surface area contributed by atoms with Crippen molar-refractivity contribution < 1.29 is 5.11 Å². The van der Waals surface area contributed by atoms with Gasteiger partial charge in [0.05, 0.1) is 0 Å². The van der Waals surface area contributed by atoms with Gasteiger partial charge in [0.2, 0.25) is 0 Å². The van der Waals surface area contributed by atoms with Gasteiger partial charge in [0.15, 0.2) is 0 Å². The lowest BCUT2D eigenvalue weighted by atomic mass is 9.97. The molecule has 4 rings (SSSR count). The van der Waals surface area contributed by atoms with Gasteiger partial charge in [0.1, 0.15) is 5.75 Å². The number of rotatable bonds is 0. The van der Waals surface area contributed by atoms with Crippen molar-refractivity contribution in [2.75, 3.05) is 0 Å². The molecule has 0 aliphatic carbocycles. The predicted octanol–water partition coefficient (Wildman–Crippen LogP) is 5.46. The molecule has 4 aromatic carbocycles. The number of halogens is 1. The molecular formula is C18H11IO. The van der Waals surface area contributed by atoms with Crippen molar-refractivity contribution in [1.82, 2.24) is 0 Å². The summed E-state index contributed by atoms with van der Waals surface area (Å²) in [6.45, 7) is 0. The third-order valence-corrected chi connectivity index (χ3v) is 4.98. The van der Waals surface area contributed by atoms with Gasteiger partial charge in [-0.1, -0.05) is 60.7 Å². The normalized spacial score (nSPS) is 11.4. The molecule has 0 spiro atoms. The highest BCUT2D eigenvalue weighted by Gasteiger charge is 2.13.